The molecule has 0 spiro atoms. The number of nitrogens with zero attached hydrogens (tertiary/aromatic N) is 3. The van der Waals surface area contributed by atoms with E-state index in [-0.39, 0.29) is 0 Å². The second-order valence-corrected chi connectivity index (χ2v) is 3.38. The fraction of sp³-hybridized carbons (Fsp3) is 0.455. The van der Waals surface area contributed by atoms with Crippen LogP contribution in [-0.4, -0.2) is 42.6 Å². The number of nitroso groups, excluding NO2 is 1. The average Bonchev–Trinajstić information content (AvgIpc) is 2.30. The monoisotopic (exact) mass is 207 g/mol. The van der Waals surface area contributed by atoms with E-state index >= 15 is 0 Å². The molecule has 0 radical (unpaired) electrons. The van der Waals surface area contributed by atoms with Crippen LogP contribution in [0.1, 0.15) is 0 Å². The summed E-state index contributed by atoms with van der Waals surface area (Å²) >= 11 is 0. The molecule has 0 N–H and O–H groups in total. The summed E-state index contributed by atoms with van der Waals surface area (Å²) in [4.78, 5) is 12.5. The molecule has 4 nitrogen and oxygen atoms in total. The lowest BCUT2D eigenvalue weighted by Gasteiger charge is -2.30. The quantitative estimate of drug-likeness (QED) is 0.507. The van der Waals surface area contributed by atoms with Crippen molar-refractivity contribution in [1.82, 2.24) is 9.91 Å². The van der Waals surface area contributed by atoms with Gasteiger partial charge in [0, 0.05) is 19.6 Å². The number of hydrogen-bond acceptors (Lipinski definition) is 3. The van der Waals surface area contributed by atoms with Crippen LogP contribution in [0, 0.1) is 4.91 Å². The molecule has 82 valence electrons. The van der Waals surface area contributed by atoms with Gasteiger partial charge in [-0.05, 0) is 0 Å². The Morgan fingerprint density at radius 2 is 1.87 bits per heavy atom. The first-order valence-electron chi connectivity index (χ1n) is 5.11. The molecule has 1 fully saturated rings. The third kappa shape index (κ3) is 4.56. The molecule has 1 aliphatic rings. The van der Waals surface area contributed by atoms with Crippen LogP contribution in [0.25, 0.3) is 0 Å². The maximum absolute atomic E-state index is 10.2. The van der Waals surface area contributed by atoms with Crippen LogP contribution >= 0.6 is 0 Å². The molecule has 0 saturated carbocycles. The molecule has 1 aliphatic heterocycles. The topological polar surface area (TPSA) is 35.9 Å². The highest BCUT2D eigenvalue weighted by atomic mass is 16.3. The molecular weight excluding hydrogens is 190 g/mol. The first-order chi connectivity index (χ1) is 7.36. The van der Waals surface area contributed by atoms with E-state index in [1.54, 1.807) is 11.1 Å². The fourth-order valence-corrected chi connectivity index (χ4v) is 1.43. The van der Waals surface area contributed by atoms with E-state index in [1.165, 1.54) is 0 Å². The minimum Gasteiger partial charge on any atom is -0.296 e. The van der Waals surface area contributed by atoms with Gasteiger partial charge in [-0.2, -0.15) is 0 Å². The number of rotatable bonds is 5. The molecule has 1 heterocycles. The van der Waals surface area contributed by atoms with Crippen LogP contribution in [0.4, 0.5) is 0 Å². The lowest BCUT2D eigenvalue weighted by Crippen LogP contribution is -2.43. The molecule has 0 aromatic heterocycles. The van der Waals surface area contributed by atoms with Gasteiger partial charge in [0.25, 0.3) is 0 Å². The van der Waals surface area contributed by atoms with Crippen LogP contribution < -0.4 is 0 Å². The molecule has 0 aliphatic carbocycles. The smallest absolute Gasteiger partial charge is 0.0524 e. The Bertz CT molecular complexity index is 253. The van der Waals surface area contributed by atoms with Crippen molar-refractivity contribution in [3.63, 3.8) is 0 Å². The first-order valence-corrected chi connectivity index (χ1v) is 5.11. The minimum atomic E-state index is 0.736. The summed E-state index contributed by atoms with van der Waals surface area (Å²) in [6.45, 7) is 7.79. The second kappa shape index (κ2) is 6.95. The second-order valence-electron chi connectivity index (χ2n) is 3.38. The number of allylic oxidation sites excluding steroid dienone is 4. The Morgan fingerprint density at radius 1 is 1.13 bits per heavy atom. The van der Waals surface area contributed by atoms with E-state index in [2.05, 4.69) is 22.8 Å². The average molecular weight is 207 g/mol. The Hall–Kier alpha value is -1.42. The molecule has 4 heteroatoms. The zero-order valence-corrected chi connectivity index (χ0v) is 8.88. The van der Waals surface area contributed by atoms with Crippen molar-refractivity contribution in [1.29, 1.82) is 0 Å². The Balaban J connectivity index is 2.18. The molecule has 1 saturated heterocycles. The van der Waals surface area contributed by atoms with Crippen LogP contribution in [0.3, 0.4) is 0 Å². The standard InChI is InChI=1S/C11H17N3O/c1-2-3-4-5-6-7-13-8-10-14(12-15)11-9-13/h2-6H,1,7-11H2/b4-3-,6-5-. The van der Waals surface area contributed by atoms with Gasteiger partial charge < -0.3 is 0 Å². The number of piperazine rings is 1. The summed E-state index contributed by atoms with van der Waals surface area (Å²) in [5, 5.41) is 4.49. The van der Waals surface area contributed by atoms with Gasteiger partial charge in [0.05, 0.1) is 18.4 Å². The zero-order valence-electron chi connectivity index (χ0n) is 8.88. The highest BCUT2D eigenvalue weighted by molar-refractivity contribution is 5.09. The van der Waals surface area contributed by atoms with Gasteiger partial charge in [0.15, 0.2) is 0 Å². The van der Waals surface area contributed by atoms with Gasteiger partial charge >= 0.3 is 0 Å². The lowest BCUT2D eigenvalue weighted by atomic mass is 10.3. The van der Waals surface area contributed by atoms with Crippen LogP contribution in [0.5, 0.6) is 0 Å². The van der Waals surface area contributed by atoms with Crippen molar-refractivity contribution < 1.29 is 0 Å². The summed E-state index contributed by atoms with van der Waals surface area (Å²) in [5.41, 5.74) is 0. The highest BCUT2D eigenvalue weighted by Crippen LogP contribution is 2.01. The van der Waals surface area contributed by atoms with Gasteiger partial charge in [0.2, 0.25) is 0 Å². The predicted octanol–water partition coefficient (Wildman–Crippen LogP) is 1.58. The van der Waals surface area contributed by atoms with E-state index in [0.717, 1.165) is 32.7 Å². The Labute approximate surface area is 90.5 Å². The lowest BCUT2D eigenvalue weighted by molar-refractivity contribution is 0.145. The van der Waals surface area contributed by atoms with Crippen molar-refractivity contribution >= 4 is 0 Å². The van der Waals surface area contributed by atoms with Crippen molar-refractivity contribution in [3.8, 4) is 0 Å². The molecule has 1 rings (SSSR count). The summed E-state index contributed by atoms with van der Waals surface area (Å²) < 4.78 is 0. The first kappa shape index (κ1) is 11.7. The maximum Gasteiger partial charge on any atom is 0.0524 e. The molecule has 0 bridgehead atoms. The normalized spacial score (nSPS) is 18.8. The van der Waals surface area contributed by atoms with Gasteiger partial charge in [-0.25, -0.2) is 0 Å². The highest BCUT2D eigenvalue weighted by Gasteiger charge is 2.14. The van der Waals surface area contributed by atoms with E-state index in [4.69, 9.17) is 0 Å². The summed E-state index contributed by atoms with van der Waals surface area (Å²) in [6.07, 6.45) is 9.70. The molecule has 0 aromatic rings. The summed E-state index contributed by atoms with van der Waals surface area (Å²) in [5.74, 6) is 0. The van der Waals surface area contributed by atoms with Gasteiger partial charge in [-0.15, -0.1) is 4.91 Å². The summed E-state index contributed by atoms with van der Waals surface area (Å²) in [7, 11) is 0. The van der Waals surface area contributed by atoms with Crippen molar-refractivity contribution in [2.75, 3.05) is 32.7 Å². The van der Waals surface area contributed by atoms with Gasteiger partial charge in [0.1, 0.15) is 0 Å². The van der Waals surface area contributed by atoms with E-state index in [0.29, 0.717) is 0 Å². The molecular formula is C11H17N3O. The van der Waals surface area contributed by atoms with Crippen molar-refractivity contribution in [2.24, 2.45) is 5.29 Å². The minimum absolute atomic E-state index is 0.736. The molecule has 0 atom stereocenters. The fourth-order valence-electron chi connectivity index (χ4n) is 1.43. The van der Waals surface area contributed by atoms with Gasteiger partial charge in [-0.3, -0.25) is 9.91 Å². The molecule has 15 heavy (non-hydrogen) atoms. The number of hydrogen-bond donors (Lipinski definition) is 0. The third-order valence-corrected chi connectivity index (χ3v) is 2.32. The van der Waals surface area contributed by atoms with Crippen molar-refractivity contribution in [3.05, 3.63) is 41.9 Å². The zero-order chi connectivity index (χ0) is 10.9. The van der Waals surface area contributed by atoms with E-state index in [9.17, 15) is 4.91 Å². The third-order valence-electron chi connectivity index (χ3n) is 2.32. The van der Waals surface area contributed by atoms with Crippen LogP contribution in [0.15, 0.2) is 42.2 Å². The largest absolute Gasteiger partial charge is 0.296 e. The maximum atomic E-state index is 10.2. The van der Waals surface area contributed by atoms with E-state index < -0.39 is 0 Å². The van der Waals surface area contributed by atoms with Crippen LogP contribution in [0.2, 0.25) is 0 Å². The SMILES string of the molecule is C=C/C=C\C=C/CN1CCN(N=O)CC1. The molecule has 0 unspecified atom stereocenters. The van der Waals surface area contributed by atoms with Crippen LogP contribution in [-0.2, 0) is 0 Å². The molecule has 0 aromatic carbocycles. The van der Waals surface area contributed by atoms with Gasteiger partial charge in [-0.1, -0.05) is 37.0 Å². The summed E-state index contributed by atoms with van der Waals surface area (Å²) in [6, 6.07) is 0. The molecule has 0 amide bonds. The Kier molecular flexibility index (Phi) is 5.40. The Morgan fingerprint density at radius 3 is 2.47 bits per heavy atom. The van der Waals surface area contributed by atoms with Crippen molar-refractivity contribution in [2.45, 2.75) is 0 Å². The van der Waals surface area contributed by atoms with E-state index in [1.807, 2.05) is 18.2 Å². The predicted molar refractivity (Wildman–Crippen MR) is 62.3 cm³/mol.